The molecule has 3 heterocycles. The smallest absolute Gasteiger partial charge is 0.254 e. The van der Waals surface area contributed by atoms with Gasteiger partial charge in [-0.3, -0.25) is 19.5 Å². The third-order valence-electron chi connectivity index (χ3n) is 6.60. The minimum absolute atomic E-state index is 0.000428. The lowest BCUT2D eigenvalue weighted by Gasteiger charge is -2.31. The van der Waals surface area contributed by atoms with Crippen LogP contribution in [0, 0.1) is 0 Å². The number of benzene rings is 1. The van der Waals surface area contributed by atoms with Gasteiger partial charge in [-0.05, 0) is 41.3 Å². The van der Waals surface area contributed by atoms with Gasteiger partial charge < -0.3 is 19.1 Å². The van der Waals surface area contributed by atoms with Gasteiger partial charge in [0.1, 0.15) is 5.76 Å². The molecule has 37 heavy (non-hydrogen) atoms. The molecule has 0 bridgehead atoms. The molecular formula is C28H35N5O4. The van der Waals surface area contributed by atoms with Crippen molar-refractivity contribution in [3.8, 4) is 5.88 Å². The lowest BCUT2D eigenvalue weighted by molar-refractivity contribution is -0.132. The van der Waals surface area contributed by atoms with Crippen molar-refractivity contribution in [3.05, 3.63) is 71.7 Å². The van der Waals surface area contributed by atoms with Gasteiger partial charge in [-0.1, -0.05) is 24.3 Å². The lowest BCUT2D eigenvalue weighted by Crippen LogP contribution is -2.38. The predicted octanol–water partition coefficient (Wildman–Crippen LogP) is 3.69. The van der Waals surface area contributed by atoms with E-state index in [0.717, 1.165) is 49.3 Å². The summed E-state index contributed by atoms with van der Waals surface area (Å²) >= 11 is 0. The Balaban J connectivity index is 1.53. The second-order valence-electron chi connectivity index (χ2n) is 9.29. The monoisotopic (exact) mass is 505 g/mol. The second-order valence-corrected chi connectivity index (χ2v) is 9.29. The van der Waals surface area contributed by atoms with E-state index in [4.69, 9.17) is 9.26 Å². The minimum atomic E-state index is 0.000428. The van der Waals surface area contributed by atoms with E-state index in [1.54, 1.807) is 19.2 Å². The third-order valence-corrected chi connectivity index (χ3v) is 6.60. The molecule has 0 N–H and O–H groups in total. The summed E-state index contributed by atoms with van der Waals surface area (Å²) in [6, 6.07) is 13.6. The molecule has 196 valence electrons. The van der Waals surface area contributed by atoms with Gasteiger partial charge in [-0.25, -0.2) is 0 Å². The third kappa shape index (κ3) is 7.39. The van der Waals surface area contributed by atoms with Crippen LogP contribution in [0.15, 0.2) is 59.4 Å². The molecule has 0 aliphatic carbocycles. The van der Waals surface area contributed by atoms with Crippen LogP contribution < -0.4 is 9.64 Å². The Morgan fingerprint density at radius 1 is 1.05 bits per heavy atom. The number of rotatable bonds is 6. The van der Waals surface area contributed by atoms with Crippen LogP contribution >= 0.6 is 0 Å². The fourth-order valence-electron chi connectivity index (χ4n) is 4.71. The zero-order chi connectivity index (χ0) is 26.0. The van der Waals surface area contributed by atoms with E-state index in [0.29, 0.717) is 44.1 Å². The van der Waals surface area contributed by atoms with Crippen LogP contribution in [0.5, 0.6) is 5.88 Å². The van der Waals surface area contributed by atoms with E-state index in [9.17, 15) is 9.59 Å². The lowest BCUT2D eigenvalue weighted by atomic mass is 10.1. The molecule has 4 rings (SSSR count). The number of anilines is 1. The zero-order valence-corrected chi connectivity index (χ0v) is 21.6. The quantitative estimate of drug-likeness (QED) is 0.505. The fourth-order valence-corrected chi connectivity index (χ4v) is 4.71. The largest absolute Gasteiger partial charge is 0.479 e. The highest BCUT2D eigenvalue weighted by Gasteiger charge is 2.22. The van der Waals surface area contributed by atoms with Crippen LogP contribution in [0.25, 0.3) is 0 Å². The molecule has 0 saturated carbocycles. The summed E-state index contributed by atoms with van der Waals surface area (Å²) in [5.74, 6) is 1.06. The number of ether oxygens (including phenoxy) is 1. The van der Waals surface area contributed by atoms with E-state index in [1.807, 2.05) is 46.3 Å². The van der Waals surface area contributed by atoms with Crippen LogP contribution in [0.4, 0.5) is 5.69 Å². The predicted molar refractivity (Wildman–Crippen MR) is 140 cm³/mol. The van der Waals surface area contributed by atoms with Crippen molar-refractivity contribution < 1.29 is 18.8 Å². The van der Waals surface area contributed by atoms with E-state index < -0.39 is 0 Å². The molecule has 1 aliphatic rings. The van der Waals surface area contributed by atoms with Gasteiger partial charge in [-0.2, -0.15) is 0 Å². The van der Waals surface area contributed by atoms with Gasteiger partial charge in [0.25, 0.3) is 5.88 Å². The number of aryl methyl sites for hydroxylation is 1. The first-order valence-corrected chi connectivity index (χ1v) is 12.8. The maximum Gasteiger partial charge on any atom is 0.254 e. The van der Waals surface area contributed by atoms with Crippen LogP contribution in [0.3, 0.4) is 0 Å². The van der Waals surface area contributed by atoms with E-state index in [2.05, 4.69) is 21.1 Å². The SMILES string of the molecule is COc1cc(CCC(=O)N2CCCN(Cc3cccnc3)CCCN(C(C)=O)c3ccccc3C2)on1. The molecule has 9 heteroatoms. The summed E-state index contributed by atoms with van der Waals surface area (Å²) in [7, 11) is 1.53. The van der Waals surface area contributed by atoms with Crippen molar-refractivity contribution in [2.75, 3.05) is 38.2 Å². The summed E-state index contributed by atoms with van der Waals surface area (Å²) in [5.41, 5.74) is 2.99. The van der Waals surface area contributed by atoms with Crippen molar-refractivity contribution >= 4 is 17.5 Å². The van der Waals surface area contributed by atoms with Crippen molar-refractivity contribution in [2.24, 2.45) is 0 Å². The Morgan fingerprint density at radius 3 is 2.59 bits per heavy atom. The Bertz CT molecular complexity index is 1170. The van der Waals surface area contributed by atoms with Gasteiger partial charge in [0.15, 0.2) is 0 Å². The van der Waals surface area contributed by atoms with Gasteiger partial charge in [0, 0.05) is 83.2 Å². The Kier molecular flexibility index (Phi) is 9.26. The highest BCUT2D eigenvalue weighted by atomic mass is 16.5. The zero-order valence-electron chi connectivity index (χ0n) is 21.6. The standard InChI is InChI=1S/C28H35N5O4/c1-22(34)33-17-7-15-31(20-23-8-5-13-29-19-23)14-6-16-32(21-24-9-3-4-10-26(24)33)28(35)12-11-25-18-27(36-2)30-37-25/h3-5,8-10,13,18-19H,6-7,11-12,14-17,20-21H2,1-2H3. The van der Waals surface area contributed by atoms with Crippen LogP contribution in [0.1, 0.15) is 43.1 Å². The molecule has 0 fully saturated rings. The maximum absolute atomic E-state index is 13.4. The Hall–Kier alpha value is -3.72. The molecule has 2 amide bonds. The van der Waals surface area contributed by atoms with Gasteiger partial charge in [-0.15, -0.1) is 0 Å². The molecule has 0 atom stereocenters. The molecule has 3 aromatic rings. The van der Waals surface area contributed by atoms with Crippen LogP contribution in [-0.2, 0) is 29.1 Å². The van der Waals surface area contributed by atoms with Crippen molar-refractivity contribution in [2.45, 2.75) is 45.7 Å². The topological polar surface area (TPSA) is 92.0 Å². The highest BCUT2D eigenvalue weighted by molar-refractivity contribution is 5.92. The van der Waals surface area contributed by atoms with E-state index in [1.165, 1.54) is 7.11 Å². The number of aromatic nitrogens is 2. The molecule has 0 spiro atoms. The van der Waals surface area contributed by atoms with E-state index >= 15 is 0 Å². The van der Waals surface area contributed by atoms with Crippen LogP contribution in [0.2, 0.25) is 0 Å². The average Bonchev–Trinajstić information content (AvgIpc) is 3.37. The van der Waals surface area contributed by atoms with Crippen LogP contribution in [-0.4, -0.2) is 65.0 Å². The Morgan fingerprint density at radius 2 is 1.86 bits per heavy atom. The molecule has 1 aromatic carbocycles. The summed E-state index contributed by atoms with van der Waals surface area (Å²) in [5, 5.41) is 3.82. The molecule has 9 nitrogen and oxygen atoms in total. The van der Waals surface area contributed by atoms with Crippen molar-refractivity contribution in [1.82, 2.24) is 19.9 Å². The molecule has 0 saturated heterocycles. The number of carbonyl (C=O) groups excluding carboxylic acids is 2. The van der Waals surface area contributed by atoms with Gasteiger partial charge in [0.2, 0.25) is 11.8 Å². The fraction of sp³-hybridized carbons (Fsp3) is 0.429. The first kappa shape index (κ1) is 26.3. The first-order valence-electron chi connectivity index (χ1n) is 12.8. The number of hydrogen-bond acceptors (Lipinski definition) is 7. The van der Waals surface area contributed by atoms with E-state index in [-0.39, 0.29) is 11.8 Å². The number of fused-ring (bicyclic) bond motifs is 1. The number of para-hydroxylation sites is 1. The molecule has 1 aliphatic heterocycles. The minimum Gasteiger partial charge on any atom is -0.479 e. The number of methoxy groups -OCH3 is 1. The van der Waals surface area contributed by atoms with Gasteiger partial charge in [0.05, 0.1) is 7.11 Å². The number of nitrogens with zero attached hydrogens (tertiary/aromatic N) is 5. The number of carbonyl (C=O) groups is 2. The molecular weight excluding hydrogens is 470 g/mol. The summed E-state index contributed by atoms with van der Waals surface area (Å²) in [4.78, 5) is 36.4. The summed E-state index contributed by atoms with van der Waals surface area (Å²) in [6.45, 7) is 5.77. The summed E-state index contributed by atoms with van der Waals surface area (Å²) < 4.78 is 10.3. The average molecular weight is 506 g/mol. The second kappa shape index (κ2) is 13.0. The maximum atomic E-state index is 13.4. The normalized spacial score (nSPS) is 15.4. The van der Waals surface area contributed by atoms with Crippen molar-refractivity contribution in [1.29, 1.82) is 0 Å². The Labute approximate surface area is 218 Å². The van der Waals surface area contributed by atoms with Gasteiger partial charge >= 0.3 is 0 Å². The molecule has 2 aromatic heterocycles. The summed E-state index contributed by atoms with van der Waals surface area (Å²) in [6.07, 6.45) is 6.12. The molecule has 0 unspecified atom stereocenters. The first-order chi connectivity index (χ1) is 18.0. The number of pyridine rings is 1. The number of amides is 2. The number of hydrogen-bond donors (Lipinski definition) is 0. The molecule has 0 radical (unpaired) electrons. The highest BCUT2D eigenvalue weighted by Crippen LogP contribution is 2.24. The van der Waals surface area contributed by atoms with Crippen molar-refractivity contribution in [3.63, 3.8) is 0 Å².